The van der Waals surface area contributed by atoms with Crippen molar-refractivity contribution in [3.63, 3.8) is 0 Å². The topological polar surface area (TPSA) is 86.3 Å². The largest absolute Gasteiger partial charge is 0.393 e. The molecule has 2 aliphatic carbocycles. The Labute approximate surface area is 190 Å². The van der Waals surface area contributed by atoms with Crippen molar-refractivity contribution in [3.05, 3.63) is 0 Å². The maximum Gasteiger partial charge on any atom is 0.155 e. The summed E-state index contributed by atoms with van der Waals surface area (Å²) in [4.78, 5) is 0. The van der Waals surface area contributed by atoms with Gasteiger partial charge < -0.3 is 14.6 Å². The SMILES string of the molecule is CCOC(C)OC1CCC(C(C)CC(CC(C#N)C(C)C#N)C2CCC(O)CC2)CC1. The van der Waals surface area contributed by atoms with Crippen molar-refractivity contribution >= 4 is 0 Å². The van der Waals surface area contributed by atoms with Gasteiger partial charge in [-0.1, -0.05) is 6.92 Å². The number of nitriles is 2. The average Bonchev–Trinajstić information content (AvgIpc) is 2.77. The maximum absolute atomic E-state index is 9.95. The molecule has 0 radical (unpaired) electrons. The first kappa shape index (κ1) is 26.1. The van der Waals surface area contributed by atoms with Crippen LogP contribution < -0.4 is 0 Å². The van der Waals surface area contributed by atoms with Crippen LogP contribution >= 0.6 is 0 Å². The van der Waals surface area contributed by atoms with Gasteiger partial charge in [0, 0.05) is 6.61 Å². The van der Waals surface area contributed by atoms with Crippen molar-refractivity contribution in [2.45, 2.75) is 110 Å². The van der Waals surface area contributed by atoms with E-state index in [4.69, 9.17) is 9.47 Å². The van der Waals surface area contributed by atoms with Crippen LogP contribution in [0.5, 0.6) is 0 Å². The molecule has 5 heteroatoms. The Morgan fingerprint density at radius 2 is 1.48 bits per heavy atom. The number of hydrogen-bond acceptors (Lipinski definition) is 5. The Hall–Kier alpha value is -1.14. The molecule has 2 rings (SSSR count). The van der Waals surface area contributed by atoms with Crippen molar-refractivity contribution in [2.24, 2.45) is 35.5 Å². The van der Waals surface area contributed by atoms with Crippen LogP contribution in [0.4, 0.5) is 0 Å². The zero-order valence-corrected chi connectivity index (χ0v) is 20.1. The van der Waals surface area contributed by atoms with Gasteiger partial charge in [-0.3, -0.25) is 0 Å². The lowest BCUT2D eigenvalue weighted by Crippen LogP contribution is -2.31. The van der Waals surface area contributed by atoms with Gasteiger partial charge in [0.05, 0.1) is 36.2 Å². The molecule has 5 nitrogen and oxygen atoms in total. The molecule has 0 saturated heterocycles. The van der Waals surface area contributed by atoms with Crippen LogP contribution in [0.1, 0.15) is 91.9 Å². The normalized spacial score (nSPS) is 31.6. The Morgan fingerprint density at radius 3 is 2.03 bits per heavy atom. The van der Waals surface area contributed by atoms with Gasteiger partial charge in [0.1, 0.15) is 0 Å². The molecule has 0 aliphatic heterocycles. The summed E-state index contributed by atoms with van der Waals surface area (Å²) in [6.07, 6.45) is 10.4. The molecule has 0 heterocycles. The summed E-state index contributed by atoms with van der Waals surface area (Å²) in [5.74, 6) is 1.93. The molecule has 0 amide bonds. The fraction of sp³-hybridized carbons (Fsp3) is 0.923. The fourth-order valence-corrected chi connectivity index (χ4v) is 5.85. The molecular weight excluding hydrogens is 388 g/mol. The van der Waals surface area contributed by atoms with Crippen molar-refractivity contribution in [1.82, 2.24) is 0 Å². The summed E-state index contributed by atoms with van der Waals surface area (Å²) in [5, 5.41) is 29.0. The second-order valence-corrected chi connectivity index (χ2v) is 10.1. The third kappa shape index (κ3) is 8.38. The number of aliphatic hydroxyl groups is 1. The standard InChI is InChI=1S/C26H44N2O3/c1-5-30-20(4)31-26-12-8-21(9-13-26)18(2)14-23(15-24(17-28)19(3)16-27)22-6-10-25(29)11-7-22/h18-26,29H,5-15H2,1-4H3. The van der Waals surface area contributed by atoms with Gasteiger partial charge in [-0.05, 0) is 109 Å². The van der Waals surface area contributed by atoms with Crippen LogP contribution in [0.3, 0.4) is 0 Å². The zero-order chi connectivity index (χ0) is 22.8. The molecule has 1 N–H and O–H groups in total. The van der Waals surface area contributed by atoms with Crippen LogP contribution in [-0.2, 0) is 9.47 Å². The van der Waals surface area contributed by atoms with E-state index in [9.17, 15) is 15.6 Å². The van der Waals surface area contributed by atoms with Gasteiger partial charge in [0.2, 0.25) is 0 Å². The van der Waals surface area contributed by atoms with Gasteiger partial charge in [-0.25, -0.2) is 0 Å². The minimum Gasteiger partial charge on any atom is -0.393 e. The summed E-state index contributed by atoms with van der Waals surface area (Å²) < 4.78 is 11.6. The monoisotopic (exact) mass is 432 g/mol. The molecule has 5 atom stereocenters. The van der Waals surface area contributed by atoms with E-state index in [1.165, 1.54) is 12.8 Å². The summed E-state index contributed by atoms with van der Waals surface area (Å²) in [5.41, 5.74) is 0. The molecule has 2 saturated carbocycles. The number of rotatable bonds is 11. The lowest BCUT2D eigenvalue weighted by molar-refractivity contribution is -0.166. The van der Waals surface area contributed by atoms with E-state index in [-0.39, 0.29) is 24.2 Å². The van der Waals surface area contributed by atoms with Gasteiger partial charge in [0.25, 0.3) is 0 Å². The van der Waals surface area contributed by atoms with Crippen LogP contribution in [-0.4, -0.2) is 30.2 Å². The molecule has 31 heavy (non-hydrogen) atoms. The smallest absolute Gasteiger partial charge is 0.155 e. The van der Waals surface area contributed by atoms with Crippen LogP contribution in [0.2, 0.25) is 0 Å². The summed E-state index contributed by atoms with van der Waals surface area (Å²) in [6.45, 7) is 8.92. The van der Waals surface area contributed by atoms with Crippen LogP contribution in [0.15, 0.2) is 0 Å². The molecule has 0 aromatic rings. The second kappa shape index (κ2) is 13.4. The molecule has 0 bridgehead atoms. The summed E-state index contributed by atoms with van der Waals surface area (Å²) in [6, 6.07) is 4.71. The number of aliphatic hydroxyl groups excluding tert-OH is 1. The highest BCUT2D eigenvalue weighted by molar-refractivity contribution is 4.98. The number of ether oxygens (including phenoxy) is 2. The van der Waals surface area contributed by atoms with E-state index in [0.717, 1.165) is 51.4 Å². The van der Waals surface area contributed by atoms with Crippen LogP contribution in [0, 0.1) is 58.2 Å². The average molecular weight is 433 g/mol. The Morgan fingerprint density at radius 1 is 0.871 bits per heavy atom. The minimum absolute atomic E-state index is 0.125. The highest BCUT2D eigenvalue weighted by Crippen LogP contribution is 2.42. The lowest BCUT2D eigenvalue weighted by atomic mass is 9.68. The predicted molar refractivity (Wildman–Crippen MR) is 122 cm³/mol. The van der Waals surface area contributed by atoms with E-state index in [2.05, 4.69) is 19.1 Å². The van der Waals surface area contributed by atoms with Gasteiger partial charge >= 0.3 is 0 Å². The van der Waals surface area contributed by atoms with Crippen LogP contribution in [0.25, 0.3) is 0 Å². The third-order valence-corrected chi connectivity index (χ3v) is 7.92. The van der Waals surface area contributed by atoms with Crippen molar-refractivity contribution in [1.29, 1.82) is 10.5 Å². The van der Waals surface area contributed by atoms with Crippen molar-refractivity contribution in [3.8, 4) is 12.1 Å². The zero-order valence-electron chi connectivity index (χ0n) is 20.1. The van der Waals surface area contributed by atoms with Gasteiger partial charge in [0.15, 0.2) is 6.29 Å². The molecule has 5 unspecified atom stereocenters. The summed E-state index contributed by atoms with van der Waals surface area (Å²) in [7, 11) is 0. The highest BCUT2D eigenvalue weighted by Gasteiger charge is 2.34. The second-order valence-electron chi connectivity index (χ2n) is 10.1. The molecule has 176 valence electrons. The number of hydrogen-bond donors (Lipinski definition) is 1. The van der Waals surface area contributed by atoms with E-state index < -0.39 is 0 Å². The molecule has 0 spiro atoms. The molecule has 0 aromatic heterocycles. The molecular formula is C26H44N2O3. The van der Waals surface area contributed by atoms with Gasteiger partial charge in [-0.15, -0.1) is 0 Å². The van der Waals surface area contributed by atoms with Gasteiger partial charge in [-0.2, -0.15) is 10.5 Å². The van der Waals surface area contributed by atoms with Crippen molar-refractivity contribution < 1.29 is 14.6 Å². The fourth-order valence-electron chi connectivity index (χ4n) is 5.85. The third-order valence-electron chi connectivity index (χ3n) is 7.92. The molecule has 2 aliphatic rings. The Balaban J connectivity index is 1.93. The predicted octanol–water partition coefficient (Wildman–Crippen LogP) is 5.83. The molecule has 0 aromatic carbocycles. The Kier molecular flexibility index (Phi) is 11.3. The van der Waals surface area contributed by atoms with E-state index in [1.807, 2.05) is 20.8 Å². The number of nitrogens with zero attached hydrogens (tertiary/aromatic N) is 2. The first-order chi connectivity index (χ1) is 14.9. The van der Waals surface area contributed by atoms with E-state index >= 15 is 0 Å². The quantitative estimate of drug-likeness (QED) is 0.415. The maximum atomic E-state index is 9.95. The first-order valence-electron chi connectivity index (χ1n) is 12.6. The highest BCUT2D eigenvalue weighted by atomic mass is 16.7. The summed E-state index contributed by atoms with van der Waals surface area (Å²) >= 11 is 0. The van der Waals surface area contributed by atoms with E-state index in [1.54, 1.807) is 0 Å². The Bertz CT molecular complexity index is 582. The molecule has 2 fully saturated rings. The van der Waals surface area contributed by atoms with E-state index in [0.29, 0.717) is 36.4 Å². The lowest BCUT2D eigenvalue weighted by Gasteiger charge is -2.38. The van der Waals surface area contributed by atoms with Crippen molar-refractivity contribution in [2.75, 3.05) is 6.61 Å². The first-order valence-corrected chi connectivity index (χ1v) is 12.6. The minimum atomic E-state index is -0.225.